The molecule has 1 aromatic rings. The largest absolute Gasteiger partial charge is 0.480 e. The van der Waals surface area contributed by atoms with Gasteiger partial charge in [0.1, 0.15) is 6.04 Å². The lowest BCUT2D eigenvalue weighted by atomic mass is 10.0. The summed E-state index contributed by atoms with van der Waals surface area (Å²) >= 11 is 5.80. The minimum Gasteiger partial charge on any atom is -0.480 e. The third kappa shape index (κ3) is 3.47. The van der Waals surface area contributed by atoms with Crippen molar-refractivity contribution in [3.05, 3.63) is 34.3 Å². The fourth-order valence-electron chi connectivity index (χ4n) is 1.61. The molecule has 0 aliphatic heterocycles. The predicted molar refractivity (Wildman–Crippen MR) is 69.9 cm³/mol. The standard InChI is InChI=1S/C13H16ClNO3/c1-7(2)11(13(17)18)15-12(16)10-5-4-9(14)6-8(10)3/h4-7,11H,1-3H3,(H,15,16)(H,17,18)/t11-/m0/s1. The number of carboxylic acids is 1. The van der Waals surface area contributed by atoms with E-state index >= 15 is 0 Å². The van der Waals surface area contributed by atoms with Gasteiger partial charge in [0.2, 0.25) is 0 Å². The van der Waals surface area contributed by atoms with Crippen molar-refractivity contribution in [2.75, 3.05) is 0 Å². The third-order valence-corrected chi connectivity index (χ3v) is 2.89. The Hall–Kier alpha value is -1.55. The Morgan fingerprint density at radius 3 is 2.39 bits per heavy atom. The average Bonchev–Trinajstić information content (AvgIpc) is 2.24. The molecular weight excluding hydrogens is 254 g/mol. The van der Waals surface area contributed by atoms with Crippen LogP contribution in [-0.4, -0.2) is 23.0 Å². The topological polar surface area (TPSA) is 66.4 Å². The van der Waals surface area contributed by atoms with Gasteiger partial charge in [0.05, 0.1) is 0 Å². The molecule has 0 unspecified atom stereocenters. The van der Waals surface area contributed by atoms with Crippen molar-refractivity contribution < 1.29 is 14.7 Å². The minimum absolute atomic E-state index is 0.181. The summed E-state index contributed by atoms with van der Waals surface area (Å²) < 4.78 is 0. The van der Waals surface area contributed by atoms with Gasteiger partial charge in [-0.05, 0) is 36.6 Å². The molecule has 4 nitrogen and oxygen atoms in total. The van der Waals surface area contributed by atoms with Crippen LogP contribution >= 0.6 is 11.6 Å². The summed E-state index contributed by atoms with van der Waals surface area (Å²) in [6.45, 7) is 5.24. The van der Waals surface area contributed by atoms with Gasteiger partial charge in [-0.15, -0.1) is 0 Å². The maximum absolute atomic E-state index is 12.0. The number of amides is 1. The van der Waals surface area contributed by atoms with Crippen LogP contribution in [0.15, 0.2) is 18.2 Å². The van der Waals surface area contributed by atoms with Crippen molar-refractivity contribution in [2.24, 2.45) is 5.92 Å². The van der Waals surface area contributed by atoms with Crippen LogP contribution in [0.4, 0.5) is 0 Å². The van der Waals surface area contributed by atoms with Crippen LogP contribution in [0.1, 0.15) is 29.8 Å². The fraction of sp³-hybridized carbons (Fsp3) is 0.385. The van der Waals surface area contributed by atoms with Crippen molar-refractivity contribution in [3.63, 3.8) is 0 Å². The van der Waals surface area contributed by atoms with Crippen LogP contribution in [0.5, 0.6) is 0 Å². The highest BCUT2D eigenvalue weighted by molar-refractivity contribution is 6.30. The molecule has 1 atom stereocenters. The lowest BCUT2D eigenvalue weighted by Crippen LogP contribution is -2.44. The lowest BCUT2D eigenvalue weighted by Gasteiger charge is -2.18. The molecule has 0 radical (unpaired) electrons. The number of rotatable bonds is 4. The molecule has 2 N–H and O–H groups in total. The van der Waals surface area contributed by atoms with Gasteiger partial charge in [0.25, 0.3) is 5.91 Å². The predicted octanol–water partition coefficient (Wildman–Crippen LogP) is 2.49. The Labute approximate surface area is 111 Å². The van der Waals surface area contributed by atoms with E-state index in [0.29, 0.717) is 16.1 Å². The van der Waals surface area contributed by atoms with Gasteiger partial charge in [-0.25, -0.2) is 4.79 Å². The molecule has 0 bridgehead atoms. The molecule has 1 aromatic carbocycles. The molecule has 0 heterocycles. The van der Waals surface area contributed by atoms with Crippen LogP contribution in [0.25, 0.3) is 0 Å². The average molecular weight is 270 g/mol. The molecule has 0 saturated carbocycles. The Kier molecular flexibility index (Phi) is 4.73. The SMILES string of the molecule is Cc1cc(Cl)ccc1C(=O)N[C@H](C(=O)O)C(C)C. The van der Waals surface area contributed by atoms with Gasteiger partial charge >= 0.3 is 5.97 Å². The first-order valence-electron chi connectivity index (χ1n) is 5.62. The number of carboxylic acid groups (broad SMARTS) is 1. The van der Waals surface area contributed by atoms with Crippen molar-refractivity contribution in [1.82, 2.24) is 5.32 Å². The Morgan fingerprint density at radius 1 is 1.33 bits per heavy atom. The van der Waals surface area contributed by atoms with Crippen molar-refractivity contribution in [3.8, 4) is 0 Å². The number of hydrogen-bond donors (Lipinski definition) is 2. The maximum Gasteiger partial charge on any atom is 0.326 e. The number of aliphatic carboxylic acids is 1. The summed E-state index contributed by atoms with van der Waals surface area (Å²) in [5.41, 5.74) is 1.15. The summed E-state index contributed by atoms with van der Waals surface area (Å²) in [4.78, 5) is 23.0. The number of aryl methyl sites for hydroxylation is 1. The molecular formula is C13H16ClNO3. The highest BCUT2D eigenvalue weighted by Gasteiger charge is 2.24. The zero-order valence-corrected chi connectivity index (χ0v) is 11.3. The number of nitrogens with one attached hydrogen (secondary N) is 1. The highest BCUT2D eigenvalue weighted by atomic mass is 35.5. The molecule has 18 heavy (non-hydrogen) atoms. The molecule has 0 saturated heterocycles. The minimum atomic E-state index is -1.04. The van der Waals surface area contributed by atoms with Crippen molar-refractivity contribution >= 4 is 23.5 Å². The smallest absolute Gasteiger partial charge is 0.326 e. The molecule has 1 rings (SSSR count). The van der Waals surface area contributed by atoms with E-state index < -0.39 is 17.9 Å². The summed E-state index contributed by atoms with van der Waals surface area (Å²) in [7, 11) is 0. The zero-order chi connectivity index (χ0) is 13.9. The van der Waals surface area contributed by atoms with Crippen LogP contribution < -0.4 is 5.32 Å². The second kappa shape index (κ2) is 5.87. The lowest BCUT2D eigenvalue weighted by molar-refractivity contribution is -0.140. The van der Waals surface area contributed by atoms with Crippen LogP contribution in [0, 0.1) is 12.8 Å². The first-order valence-corrected chi connectivity index (χ1v) is 6.00. The Balaban J connectivity index is 2.91. The van der Waals surface area contributed by atoms with Crippen molar-refractivity contribution in [1.29, 1.82) is 0 Å². The molecule has 1 amide bonds. The number of hydrogen-bond acceptors (Lipinski definition) is 2. The van der Waals surface area contributed by atoms with Gasteiger partial charge in [-0.3, -0.25) is 4.79 Å². The highest BCUT2D eigenvalue weighted by Crippen LogP contribution is 2.15. The van der Waals surface area contributed by atoms with Crippen LogP contribution in [0.2, 0.25) is 5.02 Å². The van der Waals surface area contributed by atoms with E-state index in [1.165, 1.54) is 0 Å². The van der Waals surface area contributed by atoms with Gasteiger partial charge in [0, 0.05) is 10.6 Å². The maximum atomic E-state index is 12.0. The first-order chi connectivity index (χ1) is 8.32. The van der Waals surface area contributed by atoms with Gasteiger partial charge < -0.3 is 10.4 Å². The molecule has 0 spiro atoms. The first kappa shape index (κ1) is 14.5. The van der Waals surface area contributed by atoms with E-state index in [1.807, 2.05) is 0 Å². The number of halogens is 1. The fourth-order valence-corrected chi connectivity index (χ4v) is 1.84. The zero-order valence-electron chi connectivity index (χ0n) is 10.5. The number of benzene rings is 1. The second-order valence-electron chi connectivity index (χ2n) is 4.49. The normalized spacial score (nSPS) is 12.3. The molecule has 0 fully saturated rings. The van der Waals surface area contributed by atoms with Crippen LogP contribution in [0.3, 0.4) is 0 Å². The Morgan fingerprint density at radius 2 is 1.94 bits per heavy atom. The summed E-state index contributed by atoms with van der Waals surface area (Å²) in [5.74, 6) is -1.62. The van der Waals surface area contributed by atoms with E-state index in [-0.39, 0.29) is 5.92 Å². The van der Waals surface area contributed by atoms with E-state index in [9.17, 15) is 9.59 Å². The van der Waals surface area contributed by atoms with E-state index in [2.05, 4.69) is 5.32 Å². The van der Waals surface area contributed by atoms with Crippen molar-refractivity contribution in [2.45, 2.75) is 26.8 Å². The number of carbonyl (C=O) groups is 2. The molecule has 0 aliphatic carbocycles. The molecule has 5 heteroatoms. The quantitative estimate of drug-likeness (QED) is 0.882. The van der Waals surface area contributed by atoms with Gasteiger partial charge in [-0.1, -0.05) is 25.4 Å². The van der Waals surface area contributed by atoms with Crippen LogP contribution in [-0.2, 0) is 4.79 Å². The number of carbonyl (C=O) groups excluding carboxylic acids is 1. The summed E-state index contributed by atoms with van der Waals surface area (Å²) in [6, 6.07) is 3.97. The Bertz CT molecular complexity index is 471. The van der Waals surface area contributed by atoms with E-state index in [1.54, 1.807) is 39.0 Å². The second-order valence-corrected chi connectivity index (χ2v) is 4.93. The molecule has 0 aromatic heterocycles. The molecule has 0 aliphatic rings. The summed E-state index contributed by atoms with van der Waals surface area (Å²) in [6.07, 6.45) is 0. The van der Waals surface area contributed by atoms with Gasteiger partial charge in [-0.2, -0.15) is 0 Å². The van der Waals surface area contributed by atoms with Gasteiger partial charge in [0.15, 0.2) is 0 Å². The van der Waals surface area contributed by atoms with E-state index in [0.717, 1.165) is 0 Å². The monoisotopic (exact) mass is 269 g/mol. The molecule has 98 valence electrons. The third-order valence-electron chi connectivity index (χ3n) is 2.65. The summed E-state index contributed by atoms with van der Waals surface area (Å²) in [5, 5.41) is 12.1. The van der Waals surface area contributed by atoms with E-state index in [4.69, 9.17) is 16.7 Å².